The summed E-state index contributed by atoms with van der Waals surface area (Å²) >= 11 is 5.90. The summed E-state index contributed by atoms with van der Waals surface area (Å²) in [6.07, 6.45) is -0.785. The number of nitrogens with zero attached hydrogens (tertiary/aromatic N) is 3. The zero-order valence-corrected chi connectivity index (χ0v) is 14.1. The molecule has 0 aliphatic heterocycles. The van der Waals surface area contributed by atoms with E-state index in [0.29, 0.717) is 5.69 Å². The number of rotatable bonds is 6. The molecule has 0 bridgehead atoms. The second-order valence-electron chi connectivity index (χ2n) is 4.92. The second kappa shape index (κ2) is 7.83. The second-order valence-corrected chi connectivity index (χ2v) is 6.86. The Hall–Kier alpha value is -2.14. The molecule has 0 spiro atoms. The van der Waals surface area contributed by atoms with Crippen molar-refractivity contribution < 1.29 is 32.1 Å². The number of halogens is 4. The first kappa shape index (κ1) is 19.2. The summed E-state index contributed by atoms with van der Waals surface area (Å²) < 4.78 is 49.6. The van der Waals surface area contributed by atoms with Crippen molar-refractivity contribution in [1.29, 1.82) is 0 Å². The van der Waals surface area contributed by atoms with Crippen molar-refractivity contribution in [2.24, 2.45) is 0 Å². The van der Waals surface area contributed by atoms with E-state index in [1.807, 2.05) is 0 Å². The van der Waals surface area contributed by atoms with Crippen LogP contribution in [-0.2, 0) is 15.6 Å². The number of pyridine rings is 1. The molecule has 7 nitrogen and oxygen atoms in total. The van der Waals surface area contributed by atoms with E-state index in [4.69, 9.17) is 11.6 Å². The van der Waals surface area contributed by atoms with Gasteiger partial charge in [-0.15, -0.1) is 0 Å². The van der Waals surface area contributed by atoms with Crippen LogP contribution in [0.3, 0.4) is 0 Å². The van der Waals surface area contributed by atoms with Crippen molar-refractivity contribution in [2.45, 2.75) is 12.6 Å². The maximum atomic E-state index is 12.1. The summed E-state index contributed by atoms with van der Waals surface area (Å²) in [5.74, 6) is -2.50. The standard InChI is InChI=1S/C13H12ClF3N4O3S/c14-12-10(7-21(19-12)9-2-1-4-20(23)6-9)18-11(22)3-5-25(24)8-13(15,16)17/h1-2,4,6-7H,3,5,8H2,(H-,18,22,23)/p+1. The minimum Gasteiger partial charge on any atom is -0.322 e. The summed E-state index contributed by atoms with van der Waals surface area (Å²) in [6, 6.07) is 3.18. The normalized spacial score (nSPS) is 12.8. The van der Waals surface area contributed by atoms with Gasteiger partial charge in [-0.3, -0.25) is 14.2 Å². The highest BCUT2D eigenvalue weighted by Gasteiger charge is 2.30. The number of hydrogen-bond donors (Lipinski definition) is 2. The van der Waals surface area contributed by atoms with E-state index in [1.54, 1.807) is 12.1 Å². The van der Waals surface area contributed by atoms with E-state index in [0.717, 1.165) is 4.73 Å². The number of aromatic nitrogens is 3. The predicted octanol–water partition coefficient (Wildman–Crippen LogP) is 1.69. The Morgan fingerprint density at radius 1 is 1.48 bits per heavy atom. The van der Waals surface area contributed by atoms with Crippen molar-refractivity contribution in [3.63, 3.8) is 0 Å². The first-order valence-electron chi connectivity index (χ1n) is 6.82. The van der Waals surface area contributed by atoms with Crippen LogP contribution in [0, 0.1) is 0 Å². The Balaban J connectivity index is 1.96. The number of anilines is 1. The molecule has 0 aliphatic rings. The van der Waals surface area contributed by atoms with Crippen molar-refractivity contribution in [2.75, 3.05) is 16.8 Å². The zero-order chi connectivity index (χ0) is 18.6. The summed E-state index contributed by atoms with van der Waals surface area (Å²) in [6.45, 7) is 0. The Morgan fingerprint density at radius 2 is 2.20 bits per heavy atom. The van der Waals surface area contributed by atoms with Crippen LogP contribution in [0.25, 0.3) is 5.69 Å². The molecule has 12 heteroatoms. The third kappa shape index (κ3) is 6.02. The predicted molar refractivity (Wildman–Crippen MR) is 83.1 cm³/mol. The molecule has 2 aromatic rings. The molecule has 1 unspecified atom stereocenters. The van der Waals surface area contributed by atoms with Gasteiger partial charge in [0.15, 0.2) is 5.15 Å². The molecule has 2 rings (SSSR count). The molecule has 136 valence electrons. The first-order valence-corrected chi connectivity index (χ1v) is 8.68. The summed E-state index contributed by atoms with van der Waals surface area (Å²) in [5.41, 5.74) is 0.597. The highest BCUT2D eigenvalue weighted by molar-refractivity contribution is 7.85. The van der Waals surface area contributed by atoms with Crippen molar-refractivity contribution in [1.82, 2.24) is 9.78 Å². The molecular weight excluding hydrogens is 385 g/mol. The number of amides is 1. The van der Waals surface area contributed by atoms with Crippen LogP contribution < -0.4 is 10.0 Å². The summed E-state index contributed by atoms with van der Waals surface area (Å²) in [7, 11) is -2.17. The van der Waals surface area contributed by atoms with E-state index in [2.05, 4.69) is 10.4 Å². The largest absolute Gasteiger partial charge is 0.400 e. The molecule has 1 atom stereocenters. The third-order valence-electron chi connectivity index (χ3n) is 2.86. The number of carbonyl (C=O) groups excluding carboxylic acids is 1. The molecule has 0 radical (unpaired) electrons. The number of alkyl halides is 3. The highest BCUT2D eigenvalue weighted by Crippen LogP contribution is 2.22. The van der Waals surface area contributed by atoms with E-state index >= 15 is 0 Å². The zero-order valence-electron chi connectivity index (χ0n) is 12.5. The average Bonchev–Trinajstić information content (AvgIpc) is 2.85. The molecule has 2 heterocycles. The quantitative estimate of drug-likeness (QED) is 0.573. The molecule has 0 fully saturated rings. The van der Waals surface area contributed by atoms with Crippen LogP contribution in [-0.4, -0.2) is 42.8 Å². The van der Waals surface area contributed by atoms with E-state index < -0.39 is 34.4 Å². The van der Waals surface area contributed by atoms with Crippen LogP contribution >= 0.6 is 11.6 Å². The topological polar surface area (TPSA) is 88.1 Å². The first-order chi connectivity index (χ1) is 11.6. The number of nitrogens with one attached hydrogen (secondary N) is 1. The number of hydrogen-bond acceptors (Lipinski definition) is 4. The fraction of sp³-hybridized carbons (Fsp3) is 0.308. The van der Waals surface area contributed by atoms with Gasteiger partial charge in [0.2, 0.25) is 18.3 Å². The summed E-state index contributed by atoms with van der Waals surface area (Å²) in [4.78, 5) is 11.8. The van der Waals surface area contributed by atoms with Gasteiger partial charge in [0.1, 0.15) is 11.4 Å². The molecule has 25 heavy (non-hydrogen) atoms. The smallest absolute Gasteiger partial charge is 0.322 e. The lowest BCUT2D eigenvalue weighted by Crippen LogP contribution is -2.29. The molecule has 2 N–H and O–H groups in total. The monoisotopic (exact) mass is 397 g/mol. The Morgan fingerprint density at radius 3 is 2.84 bits per heavy atom. The molecular formula is C13H13ClF3N4O3S+. The molecule has 2 aromatic heterocycles. The fourth-order valence-electron chi connectivity index (χ4n) is 1.83. The Bertz CT molecular complexity index is 797. The Kier molecular flexibility index (Phi) is 6.01. The Labute approximate surface area is 147 Å². The maximum absolute atomic E-state index is 12.1. The minimum absolute atomic E-state index is 0.0434. The van der Waals surface area contributed by atoms with Gasteiger partial charge in [0.05, 0.1) is 11.9 Å². The van der Waals surface area contributed by atoms with Gasteiger partial charge in [0.25, 0.3) is 0 Å². The van der Waals surface area contributed by atoms with Crippen molar-refractivity contribution >= 4 is 34.0 Å². The minimum atomic E-state index is -4.54. The lowest BCUT2D eigenvalue weighted by atomic mass is 10.4. The average molecular weight is 398 g/mol. The SMILES string of the molecule is O=C(CCS(=O)CC(F)(F)F)Nc1cn(-c2ccc[n+](O)c2)nc1Cl. The third-order valence-corrected chi connectivity index (χ3v) is 4.45. The van der Waals surface area contributed by atoms with Crippen molar-refractivity contribution in [3.8, 4) is 5.69 Å². The number of carbonyl (C=O) groups is 1. The van der Waals surface area contributed by atoms with E-state index in [1.165, 1.54) is 23.3 Å². The lowest BCUT2D eigenvalue weighted by molar-refractivity contribution is -0.904. The fourth-order valence-corrected chi connectivity index (χ4v) is 2.93. The van der Waals surface area contributed by atoms with Gasteiger partial charge in [-0.2, -0.15) is 18.3 Å². The van der Waals surface area contributed by atoms with E-state index in [-0.39, 0.29) is 17.3 Å². The van der Waals surface area contributed by atoms with Crippen LogP contribution in [0.4, 0.5) is 18.9 Å². The molecule has 1 amide bonds. The van der Waals surface area contributed by atoms with Gasteiger partial charge >= 0.3 is 6.18 Å². The van der Waals surface area contributed by atoms with Crippen LogP contribution in [0.5, 0.6) is 0 Å². The van der Waals surface area contributed by atoms with Crippen molar-refractivity contribution in [3.05, 3.63) is 35.9 Å². The van der Waals surface area contributed by atoms with Gasteiger partial charge in [-0.25, -0.2) is 4.68 Å². The van der Waals surface area contributed by atoms with E-state index in [9.17, 15) is 27.4 Å². The summed E-state index contributed by atoms with van der Waals surface area (Å²) in [5, 5.41) is 15.7. The van der Waals surface area contributed by atoms with Crippen LogP contribution in [0.15, 0.2) is 30.7 Å². The molecule has 0 saturated heterocycles. The van der Waals surface area contributed by atoms with Gasteiger partial charge in [-0.1, -0.05) is 11.6 Å². The van der Waals surface area contributed by atoms with Gasteiger partial charge in [-0.05, 0) is 6.07 Å². The van der Waals surface area contributed by atoms with Gasteiger partial charge in [0, 0.05) is 33.8 Å². The van der Waals surface area contributed by atoms with Crippen LogP contribution in [0.1, 0.15) is 6.42 Å². The van der Waals surface area contributed by atoms with Crippen LogP contribution in [0.2, 0.25) is 5.15 Å². The highest BCUT2D eigenvalue weighted by atomic mass is 35.5. The molecule has 0 saturated carbocycles. The lowest BCUT2D eigenvalue weighted by Gasteiger charge is -2.06. The molecule has 0 aliphatic carbocycles. The maximum Gasteiger partial charge on any atom is 0.400 e. The molecule has 0 aromatic carbocycles. The van der Waals surface area contributed by atoms with Gasteiger partial charge < -0.3 is 5.32 Å².